The molecule has 1 aromatic heterocycles. The largest absolute Gasteiger partial charge is 0.467 e. The molecule has 0 bridgehead atoms. The number of hydrogen-bond acceptors (Lipinski definition) is 3. The lowest BCUT2D eigenvalue weighted by molar-refractivity contribution is 0.0468. The number of nitrogens with one attached hydrogen (secondary N) is 1. The van der Waals surface area contributed by atoms with Crippen LogP contribution in [-0.2, 0) is 4.74 Å². The van der Waals surface area contributed by atoms with Crippen LogP contribution in [0.15, 0.2) is 22.8 Å². The van der Waals surface area contributed by atoms with Crippen LogP contribution in [-0.4, -0.2) is 19.2 Å². The molecule has 0 aliphatic carbocycles. The standard InChI is InChI=1S/C14H23NO2.ClH/c1-12(14-8-5-11-17-14)16-10-4-7-13-6-2-3-9-15-13;/h5,8,11-13,15H,2-4,6-7,9-10H2,1H3;1H. The second-order valence-corrected chi connectivity index (χ2v) is 4.82. The van der Waals surface area contributed by atoms with Gasteiger partial charge in [0.15, 0.2) is 0 Å². The molecule has 4 heteroatoms. The zero-order valence-electron chi connectivity index (χ0n) is 11.1. The third-order valence-electron chi connectivity index (χ3n) is 3.42. The fraction of sp³-hybridized carbons (Fsp3) is 0.714. The third kappa shape index (κ3) is 5.01. The van der Waals surface area contributed by atoms with Crippen LogP contribution in [0.4, 0.5) is 0 Å². The Morgan fingerprint density at radius 2 is 2.39 bits per heavy atom. The van der Waals surface area contributed by atoms with Gasteiger partial charge >= 0.3 is 0 Å². The monoisotopic (exact) mass is 273 g/mol. The summed E-state index contributed by atoms with van der Waals surface area (Å²) < 4.78 is 11.1. The Morgan fingerprint density at radius 3 is 3.06 bits per heavy atom. The lowest BCUT2D eigenvalue weighted by Gasteiger charge is -2.23. The number of piperidine rings is 1. The van der Waals surface area contributed by atoms with Gasteiger partial charge in [0.1, 0.15) is 11.9 Å². The Bertz CT molecular complexity index is 297. The molecule has 0 aromatic carbocycles. The SMILES string of the molecule is CC(OCCCC1CCCCN1)c1ccco1.Cl. The molecule has 1 saturated heterocycles. The van der Waals surface area contributed by atoms with Gasteiger partial charge in [0.05, 0.1) is 6.26 Å². The average molecular weight is 274 g/mol. The Balaban J connectivity index is 0.00000162. The van der Waals surface area contributed by atoms with Gasteiger partial charge in [-0.1, -0.05) is 6.42 Å². The minimum atomic E-state index is 0. The van der Waals surface area contributed by atoms with E-state index in [-0.39, 0.29) is 18.5 Å². The molecule has 2 unspecified atom stereocenters. The predicted molar refractivity (Wildman–Crippen MR) is 75.2 cm³/mol. The summed E-state index contributed by atoms with van der Waals surface area (Å²) in [4.78, 5) is 0. The summed E-state index contributed by atoms with van der Waals surface area (Å²) >= 11 is 0. The van der Waals surface area contributed by atoms with Gasteiger partial charge in [-0.25, -0.2) is 0 Å². The van der Waals surface area contributed by atoms with E-state index in [1.165, 1.54) is 32.2 Å². The average Bonchev–Trinajstić information content (AvgIpc) is 2.89. The van der Waals surface area contributed by atoms with E-state index in [0.717, 1.165) is 18.8 Å². The van der Waals surface area contributed by atoms with E-state index >= 15 is 0 Å². The Hall–Kier alpha value is -0.510. The number of ether oxygens (including phenoxy) is 1. The molecule has 2 rings (SSSR count). The summed E-state index contributed by atoms with van der Waals surface area (Å²) in [5.74, 6) is 0.917. The molecule has 1 aliphatic heterocycles. The smallest absolute Gasteiger partial charge is 0.132 e. The van der Waals surface area contributed by atoms with Crippen LogP contribution >= 0.6 is 12.4 Å². The minimum absolute atomic E-state index is 0. The topological polar surface area (TPSA) is 34.4 Å². The van der Waals surface area contributed by atoms with Gasteiger partial charge in [-0.2, -0.15) is 0 Å². The van der Waals surface area contributed by atoms with E-state index in [0.29, 0.717) is 6.04 Å². The zero-order chi connectivity index (χ0) is 11.9. The second-order valence-electron chi connectivity index (χ2n) is 4.82. The molecular formula is C14H24ClNO2. The van der Waals surface area contributed by atoms with Crippen molar-refractivity contribution in [3.63, 3.8) is 0 Å². The van der Waals surface area contributed by atoms with E-state index < -0.39 is 0 Å². The van der Waals surface area contributed by atoms with Gasteiger partial charge in [0.25, 0.3) is 0 Å². The van der Waals surface area contributed by atoms with Crippen molar-refractivity contribution in [2.75, 3.05) is 13.2 Å². The second kappa shape index (κ2) is 8.57. The van der Waals surface area contributed by atoms with Crippen molar-refractivity contribution >= 4 is 12.4 Å². The van der Waals surface area contributed by atoms with E-state index in [2.05, 4.69) is 5.32 Å². The fourth-order valence-electron chi connectivity index (χ4n) is 2.36. The number of furan rings is 1. The summed E-state index contributed by atoms with van der Waals surface area (Å²) in [5, 5.41) is 3.56. The number of halogens is 1. The van der Waals surface area contributed by atoms with Crippen molar-refractivity contribution in [2.24, 2.45) is 0 Å². The lowest BCUT2D eigenvalue weighted by Crippen LogP contribution is -2.34. The maximum absolute atomic E-state index is 5.76. The highest BCUT2D eigenvalue weighted by Crippen LogP contribution is 2.18. The van der Waals surface area contributed by atoms with Gasteiger partial charge in [0, 0.05) is 12.6 Å². The first kappa shape index (κ1) is 15.5. The molecule has 0 saturated carbocycles. The summed E-state index contributed by atoms with van der Waals surface area (Å²) in [7, 11) is 0. The molecule has 0 amide bonds. The lowest BCUT2D eigenvalue weighted by atomic mass is 10.0. The fourth-order valence-corrected chi connectivity index (χ4v) is 2.36. The molecule has 1 fully saturated rings. The predicted octanol–water partition coefficient (Wildman–Crippen LogP) is 3.70. The van der Waals surface area contributed by atoms with Crippen LogP contribution in [0.1, 0.15) is 50.9 Å². The summed E-state index contributed by atoms with van der Waals surface area (Å²) in [5.41, 5.74) is 0. The van der Waals surface area contributed by atoms with Crippen molar-refractivity contribution in [2.45, 2.75) is 51.2 Å². The molecule has 104 valence electrons. The highest BCUT2D eigenvalue weighted by molar-refractivity contribution is 5.85. The highest BCUT2D eigenvalue weighted by Gasteiger charge is 2.12. The first-order valence-corrected chi connectivity index (χ1v) is 6.74. The van der Waals surface area contributed by atoms with Crippen molar-refractivity contribution in [1.29, 1.82) is 0 Å². The van der Waals surface area contributed by atoms with Gasteiger partial charge in [0.2, 0.25) is 0 Å². The van der Waals surface area contributed by atoms with Crippen LogP contribution < -0.4 is 5.32 Å². The molecule has 3 nitrogen and oxygen atoms in total. The molecule has 1 N–H and O–H groups in total. The summed E-state index contributed by atoms with van der Waals surface area (Å²) in [6.45, 7) is 4.05. The Labute approximate surface area is 116 Å². The molecule has 2 atom stereocenters. The van der Waals surface area contributed by atoms with Crippen LogP contribution in [0.25, 0.3) is 0 Å². The first-order chi connectivity index (χ1) is 8.36. The Morgan fingerprint density at radius 1 is 1.50 bits per heavy atom. The van der Waals surface area contributed by atoms with Crippen molar-refractivity contribution < 1.29 is 9.15 Å². The molecule has 1 aliphatic rings. The van der Waals surface area contributed by atoms with Crippen LogP contribution in [0.2, 0.25) is 0 Å². The van der Waals surface area contributed by atoms with Crippen molar-refractivity contribution in [3.05, 3.63) is 24.2 Å². The molecule has 0 radical (unpaired) electrons. The normalized spacial score (nSPS) is 21.3. The quantitative estimate of drug-likeness (QED) is 0.803. The van der Waals surface area contributed by atoms with E-state index in [9.17, 15) is 0 Å². The molecule has 18 heavy (non-hydrogen) atoms. The highest BCUT2D eigenvalue weighted by atomic mass is 35.5. The molecule has 2 heterocycles. The van der Waals surface area contributed by atoms with Crippen LogP contribution in [0.3, 0.4) is 0 Å². The van der Waals surface area contributed by atoms with Crippen LogP contribution in [0.5, 0.6) is 0 Å². The van der Waals surface area contributed by atoms with E-state index in [1.54, 1.807) is 6.26 Å². The maximum Gasteiger partial charge on any atom is 0.132 e. The van der Waals surface area contributed by atoms with E-state index in [1.807, 2.05) is 19.1 Å². The van der Waals surface area contributed by atoms with Gasteiger partial charge in [-0.3, -0.25) is 0 Å². The van der Waals surface area contributed by atoms with Crippen molar-refractivity contribution in [3.8, 4) is 0 Å². The zero-order valence-corrected chi connectivity index (χ0v) is 11.9. The third-order valence-corrected chi connectivity index (χ3v) is 3.42. The van der Waals surface area contributed by atoms with Gasteiger partial charge in [-0.15, -0.1) is 12.4 Å². The molecule has 1 aromatic rings. The van der Waals surface area contributed by atoms with Crippen LogP contribution in [0, 0.1) is 0 Å². The summed E-state index contributed by atoms with van der Waals surface area (Å²) in [6.07, 6.45) is 8.16. The molecule has 0 spiro atoms. The minimum Gasteiger partial charge on any atom is -0.467 e. The number of rotatable bonds is 6. The number of hydrogen-bond donors (Lipinski definition) is 1. The van der Waals surface area contributed by atoms with Gasteiger partial charge < -0.3 is 14.5 Å². The van der Waals surface area contributed by atoms with E-state index in [4.69, 9.17) is 9.15 Å². The molecular weight excluding hydrogens is 250 g/mol. The maximum atomic E-state index is 5.76. The Kier molecular flexibility index (Phi) is 7.40. The summed E-state index contributed by atoms with van der Waals surface area (Å²) in [6, 6.07) is 4.58. The van der Waals surface area contributed by atoms with Gasteiger partial charge in [-0.05, 0) is 51.3 Å². The van der Waals surface area contributed by atoms with Crippen molar-refractivity contribution in [1.82, 2.24) is 5.32 Å². The first-order valence-electron chi connectivity index (χ1n) is 6.74.